The fraction of sp³-hybridized carbons (Fsp3) is 0.533. The van der Waals surface area contributed by atoms with Gasteiger partial charge in [-0.3, -0.25) is 4.79 Å². The first-order valence-corrected chi connectivity index (χ1v) is 7.00. The molecule has 5 heteroatoms. The number of nitrogens with zero attached hydrogens (tertiary/aromatic N) is 1. The zero-order valence-corrected chi connectivity index (χ0v) is 11.7. The molecule has 0 spiro atoms. The number of nitrogens with two attached hydrogens (primary N) is 1. The van der Waals surface area contributed by atoms with Crippen LogP contribution in [-0.4, -0.2) is 36.0 Å². The molecule has 1 aliphatic heterocycles. The van der Waals surface area contributed by atoms with Gasteiger partial charge in [0.25, 0.3) is 0 Å². The number of amides is 1. The fourth-order valence-electron chi connectivity index (χ4n) is 2.53. The summed E-state index contributed by atoms with van der Waals surface area (Å²) in [6.45, 7) is 2.89. The second kappa shape index (κ2) is 6.70. The van der Waals surface area contributed by atoms with Gasteiger partial charge in [0.1, 0.15) is 0 Å². The Balaban J connectivity index is 1.79. The molecule has 1 aromatic rings. The summed E-state index contributed by atoms with van der Waals surface area (Å²) < 4.78 is 18.6. The fourth-order valence-corrected chi connectivity index (χ4v) is 2.53. The molecule has 2 N–H and O–H groups in total. The van der Waals surface area contributed by atoms with E-state index >= 15 is 0 Å². The van der Waals surface area contributed by atoms with Crippen molar-refractivity contribution in [3.8, 4) is 5.75 Å². The van der Waals surface area contributed by atoms with Crippen molar-refractivity contribution in [2.75, 3.05) is 13.2 Å². The van der Waals surface area contributed by atoms with Gasteiger partial charge in [-0.05, 0) is 31.9 Å². The molecule has 0 aliphatic carbocycles. The van der Waals surface area contributed by atoms with Crippen molar-refractivity contribution in [2.24, 2.45) is 5.73 Å². The van der Waals surface area contributed by atoms with Gasteiger partial charge in [0.2, 0.25) is 5.91 Å². The maximum atomic E-state index is 13.3. The Morgan fingerprint density at radius 3 is 2.95 bits per heavy atom. The van der Waals surface area contributed by atoms with Crippen molar-refractivity contribution in [3.05, 3.63) is 30.1 Å². The number of ether oxygens (including phenoxy) is 1. The summed E-state index contributed by atoms with van der Waals surface area (Å²) >= 11 is 0. The maximum Gasteiger partial charge on any atom is 0.226 e. The third-order valence-electron chi connectivity index (χ3n) is 3.65. The lowest BCUT2D eigenvalue weighted by molar-refractivity contribution is -0.135. The lowest BCUT2D eigenvalue weighted by atomic mass is 9.99. The lowest BCUT2D eigenvalue weighted by Gasteiger charge is -2.36. The summed E-state index contributed by atoms with van der Waals surface area (Å²) in [5.74, 6) is -0.174. The van der Waals surface area contributed by atoms with Crippen LogP contribution in [0.3, 0.4) is 0 Å². The van der Waals surface area contributed by atoms with Crippen molar-refractivity contribution in [1.82, 2.24) is 4.90 Å². The summed E-state index contributed by atoms with van der Waals surface area (Å²) in [7, 11) is 0. The number of hydrogen-bond acceptors (Lipinski definition) is 3. The number of halogens is 1. The second-order valence-electron chi connectivity index (χ2n) is 5.25. The molecule has 1 saturated heterocycles. The molecular weight excluding hydrogens is 259 g/mol. The molecule has 2 atom stereocenters. The first kappa shape index (κ1) is 14.8. The molecule has 0 saturated carbocycles. The van der Waals surface area contributed by atoms with E-state index in [0.29, 0.717) is 6.54 Å². The Bertz CT molecular complexity index is 467. The average molecular weight is 280 g/mol. The Labute approximate surface area is 118 Å². The summed E-state index contributed by atoms with van der Waals surface area (Å²) in [4.78, 5) is 13.9. The first-order chi connectivity index (χ1) is 9.58. The molecule has 1 aromatic carbocycles. The van der Waals surface area contributed by atoms with Crippen molar-refractivity contribution in [2.45, 2.75) is 38.3 Å². The maximum absolute atomic E-state index is 13.3. The van der Waals surface area contributed by atoms with Crippen LogP contribution < -0.4 is 10.5 Å². The molecule has 1 aliphatic rings. The van der Waals surface area contributed by atoms with Gasteiger partial charge in [-0.2, -0.15) is 0 Å². The van der Waals surface area contributed by atoms with E-state index < -0.39 is 5.82 Å². The molecule has 0 radical (unpaired) electrons. The van der Waals surface area contributed by atoms with Gasteiger partial charge in [0, 0.05) is 18.6 Å². The van der Waals surface area contributed by atoms with E-state index in [4.69, 9.17) is 10.5 Å². The van der Waals surface area contributed by atoms with Crippen molar-refractivity contribution in [3.63, 3.8) is 0 Å². The summed E-state index contributed by atoms with van der Waals surface area (Å²) in [5, 5.41) is 0. The van der Waals surface area contributed by atoms with E-state index in [1.54, 1.807) is 18.2 Å². The van der Waals surface area contributed by atoms with E-state index in [1.807, 2.05) is 11.8 Å². The first-order valence-electron chi connectivity index (χ1n) is 7.00. The van der Waals surface area contributed by atoms with Gasteiger partial charge < -0.3 is 15.4 Å². The normalized spacial score (nSPS) is 22.6. The molecule has 1 heterocycles. The Kier molecular flexibility index (Phi) is 4.95. The molecule has 2 rings (SSSR count). The smallest absolute Gasteiger partial charge is 0.226 e. The topological polar surface area (TPSA) is 55.6 Å². The molecule has 2 unspecified atom stereocenters. The predicted molar refractivity (Wildman–Crippen MR) is 74.9 cm³/mol. The van der Waals surface area contributed by atoms with Gasteiger partial charge in [0.05, 0.1) is 13.0 Å². The summed E-state index contributed by atoms with van der Waals surface area (Å²) in [6, 6.07) is 6.55. The molecule has 20 heavy (non-hydrogen) atoms. The van der Waals surface area contributed by atoms with Gasteiger partial charge in [-0.1, -0.05) is 12.1 Å². The van der Waals surface area contributed by atoms with Crippen LogP contribution >= 0.6 is 0 Å². The Morgan fingerprint density at radius 2 is 2.25 bits per heavy atom. The number of hydrogen-bond donors (Lipinski definition) is 1. The average Bonchev–Trinajstić information content (AvgIpc) is 2.40. The van der Waals surface area contributed by atoms with E-state index in [9.17, 15) is 9.18 Å². The number of carbonyl (C=O) groups is 1. The molecule has 0 bridgehead atoms. The van der Waals surface area contributed by atoms with Gasteiger partial charge in [0.15, 0.2) is 11.6 Å². The van der Waals surface area contributed by atoms with Crippen molar-refractivity contribution >= 4 is 5.91 Å². The highest BCUT2D eigenvalue weighted by Crippen LogP contribution is 2.18. The number of benzene rings is 1. The van der Waals surface area contributed by atoms with Gasteiger partial charge >= 0.3 is 0 Å². The SMILES string of the molecule is CC1CC(N)CCN1C(=O)CCOc1ccccc1F. The van der Waals surface area contributed by atoms with Crippen molar-refractivity contribution in [1.29, 1.82) is 0 Å². The quantitative estimate of drug-likeness (QED) is 0.917. The van der Waals surface area contributed by atoms with Crippen LogP contribution in [0.4, 0.5) is 4.39 Å². The molecule has 4 nitrogen and oxygen atoms in total. The Hall–Kier alpha value is -1.62. The third-order valence-corrected chi connectivity index (χ3v) is 3.65. The van der Waals surface area contributed by atoms with E-state index in [0.717, 1.165) is 12.8 Å². The molecule has 110 valence electrons. The van der Waals surface area contributed by atoms with Crippen LogP contribution in [0.25, 0.3) is 0 Å². The standard InChI is InChI=1S/C15H21FN2O2/c1-11-10-12(17)6-8-18(11)15(19)7-9-20-14-5-3-2-4-13(14)16/h2-5,11-12H,6-10,17H2,1H3. The van der Waals surface area contributed by atoms with Crippen LogP contribution in [0.15, 0.2) is 24.3 Å². The minimum absolute atomic E-state index is 0.0424. The highest BCUT2D eigenvalue weighted by atomic mass is 19.1. The van der Waals surface area contributed by atoms with Crippen LogP contribution in [0, 0.1) is 5.82 Å². The predicted octanol–water partition coefficient (Wildman–Crippen LogP) is 1.93. The highest BCUT2D eigenvalue weighted by Gasteiger charge is 2.26. The van der Waals surface area contributed by atoms with Crippen LogP contribution in [0.2, 0.25) is 0 Å². The van der Waals surface area contributed by atoms with Crippen LogP contribution in [0.1, 0.15) is 26.2 Å². The summed E-state index contributed by atoms with van der Waals surface area (Å²) in [6.07, 6.45) is 1.93. The van der Waals surface area contributed by atoms with Crippen molar-refractivity contribution < 1.29 is 13.9 Å². The summed E-state index contributed by atoms with van der Waals surface area (Å²) in [5.41, 5.74) is 5.88. The largest absolute Gasteiger partial charge is 0.490 e. The second-order valence-corrected chi connectivity index (χ2v) is 5.25. The van der Waals surface area contributed by atoms with Crippen LogP contribution in [-0.2, 0) is 4.79 Å². The molecule has 1 fully saturated rings. The zero-order valence-electron chi connectivity index (χ0n) is 11.7. The number of rotatable bonds is 4. The highest BCUT2D eigenvalue weighted by molar-refractivity contribution is 5.76. The number of carbonyl (C=O) groups excluding carboxylic acids is 1. The van der Waals surface area contributed by atoms with Crippen LogP contribution in [0.5, 0.6) is 5.75 Å². The minimum atomic E-state index is -0.405. The van der Waals surface area contributed by atoms with E-state index in [1.165, 1.54) is 6.07 Å². The molecule has 1 amide bonds. The number of para-hydroxylation sites is 1. The van der Waals surface area contributed by atoms with Gasteiger partial charge in [-0.25, -0.2) is 4.39 Å². The number of likely N-dealkylation sites (tertiary alicyclic amines) is 1. The molecule has 0 aromatic heterocycles. The number of piperidine rings is 1. The monoisotopic (exact) mass is 280 g/mol. The lowest BCUT2D eigenvalue weighted by Crippen LogP contribution is -2.48. The minimum Gasteiger partial charge on any atom is -0.490 e. The Morgan fingerprint density at radius 1 is 1.50 bits per heavy atom. The van der Waals surface area contributed by atoms with Gasteiger partial charge in [-0.15, -0.1) is 0 Å². The van der Waals surface area contributed by atoms with E-state index in [2.05, 4.69) is 0 Å². The molecular formula is C15H21FN2O2. The zero-order chi connectivity index (χ0) is 14.5. The third kappa shape index (κ3) is 3.70. The van der Waals surface area contributed by atoms with E-state index in [-0.39, 0.29) is 36.8 Å².